The van der Waals surface area contributed by atoms with Gasteiger partial charge in [-0.2, -0.15) is 0 Å². The summed E-state index contributed by atoms with van der Waals surface area (Å²) >= 11 is 5.61. The molecule has 0 aliphatic carbocycles. The normalized spacial score (nSPS) is 10.3. The van der Waals surface area contributed by atoms with E-state index in [0.717, 1.165) is 6.07 Å². The number of Topliss-reactive ketones (excluding diaryl/α,β-unsaturated/α-hetero) is 1. The van der Waals surface area contributed by atoms with Gasteiger partial charge in [0.05, 0.1) is 5.69 Å². The molecular formula is C16H12ClF2NO2. The van der Waals surface area contributed by atoms with Crippen molar-refractivity contribution in [2.24, 2.45) is 0 Å². The van der Waals surface area contributed by atoms with E-state index in [0.29, 0.717) is 5.56 Å². The van der Waals surface area contributed by atoms with Crippen LogP contribution in [0, 0.1) is 11.6 Å². The van der Waals surface area contributed by atoms with Gasteiger partial charge in [-0.1, -0.05) is 11.6 Å². The Kier molecular flexibility index (Phi) is 5.22. The van der Waals surface area contributed by atoms with Gasteiger partial charge in [-0.05, 0) is 42.5 Å². The standard InChI is InChI=1S/C16H12ClF2NO2/c17-11-3-6-14(13(19)9-11)20-16(22)8-7-15(21)10-1-4-12(18)5-2-10/h1-6,9H,7-8H2,(H,20,22). The van der Waals surface area contributed by atoms with Gasteiger partial charge >= 0.3 is 0 Å². The Morgan fingerprint density at radius 2 is 1.68 bits per heavy atom. The zero-order valence-corrected chi connectivity index (χ0v) is 12.2. The van der Waals surface area contributed by atoms with Crippen LogP contribution in [-0.2, 0) is 4.79 Å². The van der Waals surface area contributed by atoms with Crippen molar-refractivity contribution in [3.8, 4) is 0 Å². The monoisotopic (exact) mass is 323 g/mol. The van der Waals surface area contributed by atoms with Gasteiger partial charge in [0.15, 0.2) is 5.78 Å². The van der Waals surface area contributed by atoms with Gasteiger partial charge in [-0.25, -0.2) is 8.78 Å². The van der Waals surface area contributed by atoms with Crippen LogP contribution in [0.25, 0.3) is 0 Å². The molecule has 0 spiro atoms. The molecule has 2 aromatic rings. The number of nitrogens with one attached hydrogen (secondary N) is 1. The minimum atomic E-state index is -0.647. The third kappa shape index (κ3) is 4.36. The number of amides is 1. The van der Waals surface area contributed by atoms with Crippen LogP contribution in [0.15, 0.2) is 42.5 Å². The maximum Gasteiger partial charge on any atom is 0.224 e. The number of benzene rings is 2. The molecule has 0 saturated carbocycles. The number of carbonyl (C=O) groups excluding carboxylic acids is 2. The number of ketones is 1. The van der Waals surface area contributed by atoms with Gasteiger partial charge < -0.3 is 5.32 Å². The second-order valence-corrected chi connectivity index (χ2v) is 5.04. The van der Waals surface area contributed by atoms with Crippen LogP contribution in [0.3, 0.4) is 0 Å². The van der Waals surface area contributed by atoms with E-state index < -0.39 is 17.5 Å². The average Bonchev–Trinajstić information content (AvgIpc) is 2.48. The second kappa shape index (κ2) is 7.13. The number of anilines is 1. The number of hydrogen-bond acceptors (Lipinski definition) is 2. The quantitative estimate of drug-likeness (QED) is 0.837. The van der Waals surface area contributed by atoms with Gasteiger partial charge in [0.2, 0.25) is 5.91 Å². The molecule has 1 amide bonds. The lowest BCUT2D eigenvalue weighted by Crippen LogP contribution is -2.14. The summed E-state index contributed by atoms with van der Waals surface area (Å²) in [4.78, 5) is 23.5. The molecule has 0 aromatic heterocycles. The molecular weight excluding hydrogens is 312 g/mol. The van der Waals surface area contributed by atoms with Gasteiger partial charge in [-0.15, -0.1) is 0 Å². The van der Waals surface area contributed by atoms with Crippen molar-refractivity contribution >= 4 is 29.0 Å². The van der Waals surface area contributed by atoms with Crippen LogP contribution < -0.4 is 5.32 Å². The molecule has 0 bridgehead atoms. The topological polar surface area (TPSA) is 46.2 Å². The number of hydrogen-bond donors (Lipinski definition) is 1. The SMILES string of the molecule is O=C(CCC(=O)c1ccc(F)cc1)Nc1ccc(Cl)cc1F. The Bertz CT molecular complexity index is 702. The van der Waals surface area contributed by atoms with Crippen LogP contribution in [0.2, 0.25) is 5.02 Å². The first-order chi connectivity index (χ1) is 10.5. The summed E-state index contributed by atoms with van der Waals surface area (Å²) in [6, 6.07) is 8.94. The van der Waals surface area contributed by atoms with Crippen LogP contribution >= 0.6 is 11.6 Å². The molecule has 6 heteroatoms. The summed E-state index contributed by atoms with van der Waals surface area (Å²) in [6.07, 6.45) is -0.148. The fraction of sp³-hybridized carbons (Fsp3) is 0.125. The van der Waals surface area contributed by atoms with E-state index in [1.54, 1.807) is 0 Å². The molecule has 0 heterocycles. The average molecular weight is 324 g/mol. The first kappa shape index (κ1) is 16.1. The number of carbonyl (C=O) groups is 2. The Balaban J connectivity index is 1.89. The molecule has 3 nitrogen and oxygen atoms in total. The van der Waals surface area contributed by atoms with E-state index in [2.05, 4.69) is 5.32 Å². The van der Waals surface area contributed by atoms with E-state index in [1.807, 2.05) is 0 Å². The highest BCUT2D eigenvalue weighted by molar-refractivity contribution is 6.30. The lowest BCUT2D eigenvalue weighted by molar-refractivity contribution is -0.116. The zero-order chi connectivity index (χ0) is 16.1. The third-order valence-electron chi connectivity index (χ3n) is 2.95. The molecule has 2 rings (SSSR count). The zero-order valence-electron chi connectivity index (χ0n) is 11.4. The van der Waals surface area contributed by atoms with Crippen LogP contribution in [-0.4, -0.2) is 11.7 Å². The molecule has 0 aliphatic rings. The predicted molar refractivity (Wildman–Crippen MR) is 80.0 cm³/mol. The molecule has 2 aromatic carbocycles. The molecule has 0 fully saturated rings. The fourth-order valence-corrected chi connectivity index (χ4v) is 1.97. The molecule has 0 saturated heterocycles. The summed E-state index contributed by atoms with van der Waals surface area (Å²) in [5.41, 5.74) is 0.329. The molecule has 114 valence electrons. The summed E-state index contributed by atoms with van der Waals surface area (Å²) < 4.78 is 26.3. The number of rotatable bonds is 5. The van der Waals surface area contributed by atoms with Crippen LogP contribution in [0.5, 0.6) is 0 Å². The minimum absolute atomic E-state index is 0.00336. The lowest BCUT2D eigenvalue weighted by Gasteiger charge is -2.06. The largest absolute Gasteiger partial charge is 0.324 e. The smallest absolute Gasteiger partial charge is 0.224 e. The van der Waals surface area contributed by atoms with E-state index in [1.165, 1.54) is 36.4 Å². The summed E-state index contributed by atoms with van der Waals surface area (Å²) in [6.45, 7) is 0. The van der Waals surface area contributed by atoms with Crippen molar-refractivity contribution in [3.05, 3.63) is 64.7 Å². The predicted octanol–water partition coefficient (Wildman–Crippen LogP) is 4.22. The lowest BCUT2D eigenvalue weighted by atomic mass is 10.1. The Morgan fingerprint density at radius 1 is 1.00 bits per heavy atom. The molecule has 22 heavy (non-hydrogen) atoms. The fourth-order valence-electron chi connectivity index (χ4n) is 1.81. The first-order valence-electron chi connectivity index (χ1n) is 6.49. The molecule has 1 N–H and O–H groups in total. The van der Waals surface area contributed by atoms with Crippen molar-refractivity contribution in [1.29, 1.82) is 0 Å². The molecule has 0 radical (unpaired) electrons. The molecule has 0 unspecified atom stereocenters. The van der Waals surface area contributed by atoms with E-state index in [-0.39, 0.29) is 29.3 Å². The van der Waals surface area contributed by atoms with Crippen molar-refractivity contribution in [2.75, 3.05) is 5.32 Å². The van der Waals surface area contributed by atoms with Gasteiger partial charge in [-0.3, -0.25) is 9.59 Å². The van der Waals surface area contributed by atoms with Gasteiger partial charge in [0, 0.05) is 23.4 Å². The van der Waals surface area contributed by atoms with Crippen molar-refractivity contribution in [3.63, 3.8) is 0 Å². The van der Waals surface area contributed by atoms with Crippen molar-refractivity contribution < 1.29 is 18.4 Å². The first-order valence-corrected chi connectivity index (χ1v) is 6.87. The highest BCUT2D eigenvalue weighted by atomic mass is 35.5. The highest BCUT2D eigenvalue weighted by Gasteiger charge is 2.11. The summed E-state index contributed by atoms with van der Waals surface area (Å²) in [5.74, 6) is -1.86. The van der Waals surface area contributed by atoms with Gasteiger partial charge in [0.25, 0.3) is 0 Å². The van der Waals surface area contributed by atoms with Crippen LogP contribution in [0.1, 0.15) is 23.2 Å². The van der Waals surface area contributed by atoms with Crippen molar-refractivity contribution in [2.45, 2.75) is 12.8 Å². The Hall–Kier alpha value is -2.27. The minimum Gasteiger partial charge on any atom is -0.324 e. The number of halogens is 3. The van der Waals surface area contributed by atoms with Crippen LogP contribution in [0.4, 0.5) is 14.5 Å². The maximum absolute atomic E-state index is 13.5. The Morgan fingerprint density at radius 3 is 2.32 bits per heavy atom. The van der Waals surface area contributed by atoms with E-state index in [9.17, 15) is 18.4 Å². The molecule has 0 atom stereocenters. The second-order valence-electron chi connectivity index (χ2n) is 4.60. The summed E-state index contributed by atoms with van der Waals surface area (Å²) in [5, 5.41) is 2.59. The molecule has 0 aliphatic heterocycles. The Labute approximate surface area is 130 Å². The van der Waals surface area contributed by atoms with E-state index in [4.69, 9.17) is 11.6 Å². The summed E-state index contributed by atoms with van der Waals surface area (Å²) in [7, 11) is 0. The van der Waals surface area contributed by atoms with Crippen molar-refractivity contribution in [1.82, 2.24) is 0 Å². The van der Waals surface area contributed by atoms with E-state index >= 15 is 0 Å². The van der Waals surface area contributed by atoms with Gasteiger partial charge in [0.1, 0.15) is 11.6 Å². The third-order valence-corrected chi connectivity index (χ3v) is 3.19. The highest BCUT2D eigenvalue weighted by Crippen LogP contribution is 2.19. The maximum atomic E-state index is 13.5.